The Hall–Kier alpha value is -0.130. The van der Waals surface area contributed by atoms with Crippen molar-refractivity contribution >= 4 is 10.0 Å². The number of sulfonamides is 1. The van der Waals surface area contributed by atoms with Crippen molar-refractivity contribution in [3.63, 3.8) is 0 Å². The summed E-state index contributed by atoms with van der Waals surface area (Å²) >= 11 is 0. The van der Waals surface area contributed by atoms with E-state index in [9.17, 15) is 8.42 Å². The van der Waals surface area contributed by atoms with Gasteiger partial charge in [0.1, 0.15) is 0 Å². The maximum Gasteiger partial charge on any atom is 0.211 e. The molecule has 2 N–H and O–H groups in total. The van der Waals surface area contributed by atoms with Gasteiger partial charge in [-0.1, -0.05) is 0 Å². The molecule has 0 unspecified atom stereocenters. The molecule has 0 aromatic heterocycles. The molecule has 0 aromatic rings. The predicted octanol–water partition coefficient (Wildman–Crippen LogP) is -1.41. The van der Waals surface area contributed by atoms with Gasteiger partial charge in [-0.2, -0.15) is 4.31 Å². The van der Waals surface area contributed by atoms with E-state index in [4.69, 9.17) is 5.73 Å². The van der Waals surface area contributed by atoms with Crippen LogP contribution in [0.1, 0.15) is 0 Å². The molecule has 4 nitrogen and oxygen atoms in total. The van der Waals surface area contributed by atoms with Crippen LogP contribution in [0.15, 0.2) is 0 Å². The summed E-state index contributed by atoms with van der Waals surface area (Å²) in [6, 6.07) is 0.0553. The van der Waals surface area contributed by atoms with Crippen LogP contribution in [0.4, 0.5) is 0 Å². The molecule has 0 aliphatic carbocycles. The molecule has 1 heterocycles. The molecule has 1 rings (SSSR count). The molecule has 0 saturated carbocycles. The van der Waals surface area contributed by atoms with Gasteiger partial charge in [0.25, 0.3) is 0 Å². The molecule has 0 bridgehead atoms. The van der Waals surface area contributed by atoms with Gasteiger partial charge < -0.3 is 5.73 Å². The van der Waals surface area contributed by atoms with E-state index in [0.29, 0.717) is 13.1 Å². The van der Waals surface area contributed by atoms with Crippen molar-refractivity contribution < 1.29 is 8.42 Å². The second-order valence-corrected chi connectivity index (χ2v) is 4.32. The summed E-state index contributed by atoms with van der Waals surface area (Å²) in [4.78, 5) is 0. The first-order valence-corrected chi connectivity index (χ1v) is 4.55. The monoisotopic (exact) mass is 150 g/mol. The highest BCUT2D eigenvalue weighted by molar-refractivity contribution is 7.88. The van der Waals surface area contributed by atoms with Crippen LogP contribution in [0.2, 0.25) is 0 Å². The van der Waals surface area contributed by atoms with Crippen LogP contribution in [0, 0.1) is 0 Å². The number of rotatable bonds is 1. The van der Waals surface area contributed by atoms with Gasteiger partial charge in [0.05, 0.1) is 6.26 Å². The highest BCUT2D eigenvalue weighted by atomic mass is 32.2. The molecular formula is C4H10N2O2S. The van der Waals surface area contributed by atoms with Crippen LogP contribution >= 0.6 is 0 Å². The third-order valence-electron chi connectivity index (χ3n) is 1.35. The minimum absolute atomic E-state index is 0.0553. The van der Waals surface area contributed by atoms with Gasteiger partial charge in [0.2, 0.25) is 10.0 Å². The maximum atomic E-state index is 10.6. The Bertz CT molecular complexity index is 193. The van der Waals surface area contributed by atoms with Crippen LogP contribution in [0.3, 0.4) is 0 Å². The molecule has 0 atom stereocenters. The lowest BCUT2D eigenvalue weighted by atomic mass is 10.2. The first-order valence-electron chi connectivity index (χ1n) is 2.71. The van der Waals surface area contributed by atoms with Gasteiger partial charge in [0, 0.05) is 19.1 Å². The van der Waals surface area contributed by atoms with E-state index in [1.165, 1.54) is 10.6 Å². The third kappa shape index (κ3) is 1.41. The van der Waals surface area contributed by atoms with Crippen LogP contribution in [-0.4, -0.2) is 38.1 Å². The molecule has 0 radical (unpaired) electrons. The molecule has 0 aromatic carbocycles. The van der Waals surface area contributed by atoms with E-state index in [0.717, 1.165) is 0 Å². The third-order valence-corrected chi connectivity index (χ3v) is 2.58. The van der Waals surface area contributed by atoms with Crippen molar-refractivity contribution in [2.75, 3.05) is 19.3 Å². The Labute approximate surface area is 54.7 Å². The number of hydrogen-bond acceptors (Lipinski definition) is 3. The van der Waals surface area contributed by atoms with Gasteiger partial charge in [0.15, 0.2) is 0 Å². The van der Waals surface area contributed by atoms with E-state index < -0.39 is 10.0 Å². The average molecular weight is 150 g/mol. The fraction of sp³-hybridized carbons (Fsp3) is 1.00. The molecule has 54 valence electrons. The standard InChI is InChI=1S/C4H10N2O2S/c1-9(7,8)6-2-4(5)3-6/h4H,2-3,5H2,1H3. The topological polar surface area (TPSA) is 63.4 Å². The number of hydrogen-bond donors (Lipinski definition) is 1. The molecule has 0 spiro atoms. The number of nitrogens with two attached hydrogens (primary N) is 1. The normalized spacial score (nSPS) is 23.8. The van der Waals surface area contributed by atoms with Gasteiger partial charge in [-0.15, -0.1) is 0 Å². The average Bonchev–Trinajstić information content (AvgIpc) is 1.55. The Morgan fingerprint density at radius 3 is 2.11 bits per heavy atom. The second-order valence-electron chi connectivity index (χ2n) is 2.34. The molecule has 9 heavy (non-hydrogen) atoms. The van der Waals surface area contributed by atoms with Crippen molar-refractivity contribution in [2.24, 2.45) is 5.73 Å². The summed E-state index contributed by atoms with van der Waals surface area (Å²) in [6.45, 7) is 0.970. The predicted molar refractivity (Wildman–Crippen MR) is 34.4 cm³/mol. The Kier molecular flexibility index (Phi) is 1.50. The first kappa shape index (κ1) is 6.98. The lowest BCUT2D eigenvalue weighted by Gasteiger charge is -2.34. The molecule has 1 saturated heterocycles. The van der Waals surface area contributed by atoms with Crippen molar-refractivity contribution in [2.45, 2.75) is 6.04 Å². The molecule has 1 fully saturated rings. The zero-order valence-electron chi connectivity index (χ0n) is 5.24. The van der Waals surface area contributed by atoms with Crippen molar-refractivity contribution in [3.05, 3.63) is 0 Å². The molecule has 0 amide bonds. The van der Waals surface area contributed by atoms with E-state index in [1.54, 1.807) is 0 Å². The van der Waals surface area contributed by atoms with Gasteiger partial charge in [-0.05, 0) is 0 Å². The number of nitrogens with zero attached hydrogens (tertiary/aromatic N) is 1. The fourth-order valence-corrected chi connectivity index (χ4v) is 1.66. The second kappa shape index (κ2) is 1.93. The zero-order chi connectivity index (χ0) is 7.07. The minimum Gasteiger partial charge on any atom is -0.325 e. The Morgan fingerprint density at radius 2 is 2.00 bits per heavy atom. The van der Waals surface area contributed by atoms with E-state index in [1.807, 2.05) is 0 Å². The van der Waals surface area contributed by atoms with Crippen LogP contribution in [0.25, 0.3) is 0 Å². The van der Waals surface area contributed by atoms with Crippen molar-refractivity contribution in [1.82, 2.24) is 4.31 Å². The Balaban J connectivity index is 2.51. The van der Waals surface area contributed by atoms with E-state index in [2.05, 4.69) is 0 Å². The zero-order valence-corrected chi connectivity index (χ0v) is 6.06. The highest BCUT2D eigenvalue weighted by Crippen LogP contribution is 2.08. The minimum atomic E-state index is -2.95. The maximum absolute atomic E-state index is 10.6. The van der Waals surface area contributed by atoms with Crippen molar-refractivity contribution in [1.29, 1.82) is 0 Å². The summed E-state index contributed by atoms with van der Waals surface area (Å²) in [5.41, 5.74) is 5.36. The molecular weight excluding hydrogens is 140 g/mol. The van der Waals surface area contributed by atoms with Gasteiger partial charge >= 0.3 is 0 Å². The summed E-state index contributed by atoms with van der Waals surface area (Å²) in [5, 5.41) is 0. The highest BCUT2D eigenvalue weighted by Gasteiger charge is 2.29. The van der Waals surface area contributed by atoms with E-state index in [-0.39, 0.29) is 6.04 Å². The van der Waals surface area contributed by atoms with E-state index >= 15 is 0 Å². The molecule has 1 aliphatic rings. The fourth-order valence-electron chi connectivity index (χ4n) is 0.740. The summed E-state index contributed by atoms with van der Waals surface area (Å²) in [5.74, 6) is 0. The summed E-state index contributed by atoms with van der Waals surface area (Å²) < 4.78 is 22.6. The van der Waals surface area contributed by atoms with Crippen molar-refractivity contribution in [3.8, 4) is 0 Å². The lowest BCUT2D eigenvalue weighted by molar-refractivity contribution is 0.267. The quantitative estimate of drug-likeness (QED) is 0.499. The SMILES string of the molecule is CS(=O)(=O)N1CC(N)C1. The summed E-state index contributed by atoms with van der Waals surface area (Å²) in [7, 11) is -2.95. The van der Waals surface area contributed by atoms with Crippen LogP contribution in [-0.2, 0) is 10.0 Å². The van der Waals surface area contributed by atoms with Crippen LogP contribution < -0.4 is 5.73 Å². The lowest BCUT2D eigenvalue weighted by Crippen LogP contribution is -2.57. The van der Waals surface area contributed by atoms with Crippen LogP contribution in [0.5, 0.6) is 0 Å². The molecule has 1 aliphatic heterocycles. The first-order chi connectivity index (χ1) is 4.00. The van der Waals surface area contributed by atoms with Gasteiger partial charge in [-0.25, -0.2) is 8.42 Å². The van der Waals surface area contributed by atoms with Gasteiger partial charge in [-0.3, -0.25) is 0 Å². The Morgan fingerprint density at radius 1 is 1.56 bits per heavy atom. The smallest absolute Gasteiger partial charge is 0.211 e. The molecule has 5 heteroatoms. The summed E-state index contributed by atoms with van der Waals surface area (Å²) in [6.07, 6.45) is 1.19. The largest absolute Gasteiger partial charge is 0.325 e.